The van der Waals surface area contributed by atoms with Crippen LogP contribution < -0.4 is 5.11 Å². The molecule has 0 radical (unpaired) electrons. The van der Waals surface area contributed by atoms with Crippen LogP contribution in [-0.2, 0) is 33.3 Å². The van der Waals surface area contributed by atoms with E-state index in [1.165, 1.54) is 25.7 Å². The SMILES string of the molecule is CC/C=C\C/C=C\C/C=C\C/C=C\C/C=C\C/C=C\C/C=C\C/C=C\CCCCCCCCC(=O)OC(COC(=O)CCCCCCCC/C=C\C/C=C\C/C=C\CCCCC)COC(OCC[N+](C)(C)C)C(=O)[O-]. The number of hydrogen-bond acceptors (Lipinski definition) is 8. The predicted molar refractivity (Wildman–Crippen MR) is 315 cm³/mol. The van der Waals surface area contributed by atoms with E-state index in [1.54, 1.807) is 0 Å². The summed E-state index contributed by atoms with van der Waals surface area (Å²) in [5.41, 5.74) is 0. The lowest BCUT2D eigenvalue weighted by Crippen LogP contribution is -2.44. The molecule has 0 amide bonds. The molecule has 0 aliphatic heterocycles. The fourth-order valence-corrected chi connectivity index (χ4v) is 7.38. The highest BCUT2D eigenvalue weighted by atomic mass is 16.7. The lowest BCUT2D eigenvalue weighted by molar-refractivity contribution is -0.870. The number of hydrogen-bond donors (Lipinski definition) is 0. The van der Waals surface area contributed by atoms with E-state index < -0.39 is 24.3 Å². The lowest BCUT2D eigenvalue weighted by atomic mass is 10.1. The number of allylic oxidation sites excluding steroid dienone is 22. The van der Waals surface area contributed by atoms with Gasteiger partial charge in [0.15, 0.2) is 12.4 Å². The van der Waals surface area contributed by atoms with Crippen LogP contribution in [-0.4, -0.2) is 82.3 Å². The summed E-state index contributed by atoms with van der Waals surface area (Å²) >= 11 is 0. The van der Waals surface area contributed by atoms with Crippen LogP contribution >= 0.6 is 0 Å². The van der Waals surface area contributed by atoms with Crippen molar-refractivity contribution >= 4 is 17.9 Å². The normalized spacial score (nSPS) is 13.8. The van der Waals surface area contributed by atoms with Gasteiger partial charge in [-0.15, -0.1) is 0 Å². The number of ether oxygens (including phenoxy) is 4. The van der Waals surface area contributed by atoms with Crippen LogP contribution in [0.15, 0.2) is 134 Å². The number of esters is 2. The largest absolute Gasteiger partial charge is 0.545 e. The first-order valence-electron chi connectivity index (χ1n) is 29.3. The van der Waals surface area contributed by atoms with Crippen LogP contribution in [0.3, 0.4) is 0 Å². The molecule has 0 rings (SSSR count). The highest BCUT2D eigenvalue weighted by molar-refractivity contribution is 5.70. The second-order valence-corrected chi connectivity index (χ2v) is 20.2. The average molecular weight is 1040 g/mol. The Labute approximate surface area is 459 Å². The zero-order chi connectivity index (χ0) is 54.8. The van der Waals surface area contributed by atoms with Crippen molar-refractivity contribution in [3.63, 3.8) is 0 Å². The van der Waals surface area contributed by atoms with Gasteiger partial charge in [-0.3, -0.25) is 9.59 Å². The fraction of sp³-hybridized carbons (Fsp3) is 0.621. The lowest BCUT2D eigenvalue weighted by Gasteiger charge is -2.26. The van der Waals surface area contributed by atoms with Crippen LogP contribution in [0.25, 0.3) is 0 Å². The molecule has 2 atom stereocenters. The second kappa shape index (κ2) is 55.7. The Balaban J connectivity index is 4.34. The molecule has 0 aliphatic carbocycles. The monoisotopic (exact) mass is 1040 g/mol. The Morgan fingerprint density at radius 2 is 0.760 bits per heavy atom. The van der Waals surface area contributed by atoms with Gasteiger partial charge in [-0.2, -0.15) is 0 Å². The van der Waals surface area contributed by atoms with Crippen molar-refractivity contribution in [1.29, 1.82) is 0 Å². The third-order valence-electron chi connectivity index (χ3n) is 11.9. The van der Waals surface area contributed by atoms with Crippen LogP contribution in [0.4, 0.5) is 0 Å². The number of carbonyl (C=O) groups is 3. The summed E-state index contributed by atoms with van der Waals surface area (Å²) in [6, 6.07) is 0. The van der Waals surface area contributed by atoms with Gasteiger partial charge in [-0.05, 0) is 116 Å². The summed E-state index contributed by atoms with van der Waals surface area (Å²) < 4.78 is 22.7. The molecular formula is C66H107NO8. The molecule has 0 saturated carbocycles. The molecule has 75 heavy (non-hydrogen) atoms. The molecule has 0 aromatic rings. The van der Waals surface area contributed by atoms with E-state index in [-0.39, 0.29) is 38.6 Å². The molecule has 0 bridgehead atoms. The van der Waals surface area contributed by atoms with Crippen molar-refractivity contribution in [1.82, 2.24) is 0 Å². The van der Waals surface area contributed by atoms with Crippen molar-refractivity contribution in [3.05, 3.63) is 134 Å². The van der Waals surface area contributed by atoms with Crippen LogP contribution in [0.2, 0.25) is 0 Å². The Morgan fingerprint density at radius 3 is 1.13 bits per heavy atom. The topological polar surface area (TPSA) is 111 Å². The number of quaternary nitrogens is 1. The number of carbonyl (C=O) groups excluding carboxylic acids is 3. The van der Waals surface area contributed by atoms with E-state index in [2.05, 4.69) is 148 Å². The van der Waals surface area contributed by atoms with Gasteiger partial charge in [0.05, 0.1) is 40.3 Å². The van der Waals surface area contributed by atoms with E-state index in [0.29, 0.717) is 23.9 Å². The number of likely N-dealkylation sites (N-methyl/N-ethyl adjacent to an activating group) is 1. The van der Waals surface area contributed by atoms with Crippen molar-refractivity contribution < 1.29 is 42.9 Å². The third-order valence-corrected chi connectivity index (χ3v) is 11.9. The van der Waals surface area contributed by atoms with E-state index >= 15 is 0 Å². The molecule has 0 spiro atoms. The maximum atomic E-state index is 12.9. The molecule has 0 N–H and O–H groups in total. The number of aliphatic carboxylic acids is 1. The van der Waals surface area contributed by atoms with Crippen LogP contribution in [0.5, 0.6) is 0 Å². The summed E-state index contributed by atoms with van der Waals surface area (Å²) in [4.78, 5) is 37.3. The van der Waals surface area contributed by atoms with Crippen molar-refractivity contribution in [2.75, 3.05) is 47.5 Å². The number of nitrogens with zero attached hydrogens (tertiary/aromatic N) is 1. The molecule has 9 heteroatoms. The molecule has 9 nitrogen and oxygen atoms in total. The molecule has 0 aliphatic rings. The van der Waals surface area contributed by atoms with Gasteiger partial charge in [0.25, 0.3) is 0 Å². The minimum absolute atomic E-state index is 0.134. The molecule has 0 aromatic carbocycles. The van der Waals surface area contributed by atoms with Gasteiger partial charge in [-0.25, -0.2) is 0 Å². The fourth-order valence-electron chi connectivity index (χ4n) is 7.38. The zero-order valence-electron chi connectivity index (χ0n) is 48.1. The summed E-state index contributed by atoms with van der Waals surface area (Å²) in [5, 5.41) is 11.8. The van der Waals surface area contributed by atoms with Crippen molar-refractivity contribution in [2.45, 2.75) is 219 Å². The van der Waals surface area contributed by atoms with E-state index in [9.17, 15) is 19.5 Å². The van der Waals surface area contributed by atoms with Gasteiger partial charge in [0.1, 0.15) is 13.2 Å². The third kappa shape index (κ3) is 57.0. The summed E-state index contributed by atoms with van der Waals surface area (Å²) in [7, 11) is 5.90. The van der Waals surface area contributed by atoms with Gasteiger partial charge >= 0.3 is 11.9 Å². The number of carboxylic acid groups (broad SMARTS) is 1. The number of carboxylic acids is 1. The minimum Gasteiger partial charge on any atom is -0.545 e. The van der Waals surface area contributed by atoms with Crippen molar-refractivity contribution in [2.24, 2.45) is 0 Å². The quantitative estimate of drug-likeness (QED) is 0.0195. The zero-order valence-corrected chi connectivity index (χ0v) is 48.1. The summed E-state index contributed by atoms with van der Waals surface area (Å²) in [6.07, 6.45) is 76.3. The number of rotatable bonds is 52. The average Bonchev–Trinajstić information content (AvgIpc) is 3.38. The first-order valence-corrected chi connectivity index (χ1v) is 29.3. The summed E-state index contributed by atoms with van der Waals surface area (Å²) in [6.45, 7) is 4.55. The Morgan fingerprint density at radius 1 is 0.413 bits per heavy atom. The highest BCUT2D eigenvalue weighted by Gasteiger charge is 2.22. The van der Waals surface area contributed by atoms with Gasteiger partial charge in [0.2, 0.25) is 0 Å². The molecule has 2 unspecified atom stereocenters. The van der Waals surface area contributed by atoms with Crippen molar-refractivity contribution in [3.8, 4) is 0 Å². The van der Waals surface area contributed by atoms with E-state index in [1.807, 2.05) is 21.1 Å². The van der Waals surface area contributed by atoms with Gasteiger partial charge in [-0.1, -0.05) is 212 Å². The molecule has 0 saturated heterocycles. The van der Waals surface area contributed by atoms with E-state index in [4.69, 9.17) is 18.9 Å². The Hall–Kier alpha value is -4.57. The first kappa shape index (κ1) is 70.4. The van der Waals surface area contributed by atoms with Crippen LogP contribution in [0.1, 0.15) is 206 Å². The van der Waals surface area contributed by atoms with E-state index in [0.717, 1.165) is 141 Å². The minimum atomic E-state index is -1.64. The molecule has 0 fully saturated rings. The molecule has 424 valence electrons. The molecule has 0 heterocycles. The van der Waals surface area contributed by atoms with Crippen LogP contribution in [0, 0.1) is 0 Å². The summed E-state index contributed by atoms with van der Waals surface area (Å²) in [5.74, 6) is -2.34. The molecule has 0 aromatic heterocycles. The maximum absolute atomic E-state index is 12.9. The first-order chi connectivity index (χ1) is 36.6. The Kier molecular flexibility index (Phi) is 52.3. The maximum Gasteiger partial charge on any atom is 0.306 e. The predicted octanol–water partition coefficient (Wildman–Crippen LogP) is 16.1. The number of unbranched alkanes of at least 4 members (excludes halogenated alkanes) is 15. The molecular weight excluding hydrogens is 935 g/mol. The van der Waals surface area contributed by atoms with Gasteiger partial charge < -0.3 is 33.3 Å². The standard InChI is InChI=1S/C66H107NO8/c1-6-8-10-12-14-16-18-20-22-24-26-27-28-29-30-31-32-33-34-35-36-37-39-41-43-45-47-49-51-53-55-57-64(69)75-62(61-74-66(65(70)71)72-59-58-67(3,4)5)60-73-63(68)56-54-52-50-48-46-44-42-40-38-25-23-21-19-17-15-13-11-9-7-2/h8,10,14-17,20-23,26-27,29-30,32-33,35-36,38-41,62,66H,6-7,9,11-13,18-19,24-25,28,31,34,37,42-61H2,1-5H3/b10-8-,16-14-,17-15-,22-20-,23-21-,27-26-,30-29-,33-32-,36-35-,40-38-,41-39-. The smallest absolute Gasteiger partial charge is 0.306 e. The second-order valence-electron chi connectivity index (χ2n) is 20.2. The highest BCUT2D eigenvalue weighted by Crippen LogP contribution is 2.13. The Bertz CT molecular complexity index is 1690. The van der Waals surface area contributed by atoms with Gasteiger partial charge in [0, 0.05) is 12.8 Å².